The quantitative estimate of drug-likeness (QED) is 0.850. The Balaban J connectivity index is 1.81. The Morgan fingerprint density at radius 3 is 2.96 bits per heavy atom. The molecule has 0 saturated carbocycles. The molecule has 3 heterocycles. The topological polar surface area (TPSA) is 34.1 Å². The number of nitrogens with zero attached hydrogens (tertiary/aromatic N) is 1. The molecule has 118 valence electrons. The zero-order chi connectivity index (χ0) is 16.0. The fourth-order valence-corrected chi connectivity index (χ4v) is 3.53. The monoisotopic (exact) mass is 326 g/mol. The van der Waals surface area contributed by atoms with Gasteiger partial charge in [-0.2, -0.15) is 0 Å². The molecule has 1 aromatic heterocycles. The zero-order valence-corrected chi connectivity index (χ0v) is 14.0. The molecule has 1 aromatic carbocycles. The first kappa shape index (κ1) is 14.7. The third kappa shape index (κ3) is 2.44. The van der Waals surface area contributed by atoms with Crippen LogP contribution in [0.3, 0.4) is 0 Å². The van der Waals surface area contributed by atoms with Gasteiger partial charge in [0.1, 0.15) is 5.75 Å². The molecule has 3 nitrogen and oxygen atoms in total. The van der Waals surface area contributed by atoms with Crippen LogP contribution in [0.25, 0.3) is 6.08 Å². The van der Waals surface area contributed by atoms with Gasteiger partial charge >= 0.3 is 0 Å². The van der Waals surface area contributed by atoms with Gasteiger partial charge in [0.2, 0.25) is 0 Å². The van der Waals surface area contributed by atoms with Gasteiger partial charge in [-0.1, -0.05) is 29.8 Å². The second-order valence-corrected chi connectivity index (χ2v) is 6.82. The molecule has 0 bridgehead atoms. The number of benzene rings is 1. The van der Waals surface area contributed by atoms with Crippen molar-refractivity contribution >= 4 is 17.7 Å². The summed E-state index contributed by atoms with van der Waals surface area (Å²) in [6.45, 7) is 5.25. The van der Waals surface area contributed by atoms with Crippen LogP contribution in [0.15, 0.2) is 36.5 Å². The van der Waals surface area contributed by atoms with Crippen molar-refractivity contribution in [2.45, 2.75) is 31.9 Å². The van der Waals surface area contributed by atoms with Crippen molar-refractivity contribution in [3.8, 4) is 5.75 Å². The number of rotatable bonds is 1. The molecule has 0 aliphatic carbocycles. The third-order valence-corrected chi connectivity index (χ3v) is 4.95. The Morgan fingerprint density at radius 1 is 1.30 bits per heavy atom. The van der Waals surface area contributed by atoms with Gasteiger partial charge in [0.05, 0.1) is 10.7 Å². The number of aromatic nitrogens is 1. The van der Waals surface area contributed by atoms with E-state index >= 15 is 0 Å². The lowest BCUT2D eigenvalue weighted by Crippen LogP contribution is -2.34. The van der Waals surface area contributed by atoms with Crippen molar-refractivity contribution in [2.75, 3.05) is 6.54 Å². The smallest absolute Gasteiger partial charge is 0.166 e. The average molecular weight is 327 g/mol. The molecule has 2 aliphatic rings. The molecule has 0 fully saturated rings. The highest BCUT2D eigenvalue weighted by Gasteiger charge is 2.34. The van der Waals surface area contributed by atoms with E-state index in [1.807, 2.05) is 19.1 Å². The summed E-state index contributed by atoms with van der Waals surface area (Å²) < 4.78 is 6.48. The van der Waals surface area contributed by atoms with Crippen LogP contribution in [0.2, 0.25) is 5.02 Å². The second-order valence-electron chi connectivity index (χ2n) is 6.39. The van der Waals surface area contributed by atoms with Crippen LogP contribution in [0.4, 0.5) is 0 Å². The lowest BCUT2D eigenvalue weighted by atomic mass is 9.88. The number of pyridine rings is 1. The number of halogens is 1. The fourth-order valence-electron chi connectivity index (χ4n) is 3.42. The van der Waals surface area contributed by atoms with E-state index in [2.05, 4.69) is 41.5 Å². The van der Waals surface area contributed by atoms with Crippen molar-refractivity contribution in [3.63, 3.8) is 0 Å². The summed E-state index contributed by atoms with van der Waals surface area (Å²) in [5, 5.41) is 4.16. The first-order chi connectivity index (χ1) is 11.1. The van der Waals surface area contributed by atoms with Gasteiger partial charge in [0.15, 0.2) is 5.60 Å². The lowest BCUT2D eigenvalue weighted by molar-refractivity contribution is 0.130. The summed E-state index contributed by atoms with van der Waals surface area (Å²) in [5.74, 6) is 0.976. The molecule has 0 amide bonds. The number of nitrogens with one attached hydrogen (secondary N) is 1. The maximum Gasteiger partial charge on any atom is 0.166 e. The van der Waals surface area contributed by atoms with E-state index < -0.39 is 5.60 Å². The molecular formula is C19H19ClN2O. The minimum atomic E-state index is -0.579. The zero-order valence-electron chi connectivity index (χ0n) is 13.3. The van der Waals surface area contributed by atoms with E-state index in [0.717, 1.165) is 30.0 Å². The van der Waals surface area contributed by atoms with Gasteiger partial charge in [-0.25, -0.2) is 0 Å². The maximum absolute atomic E-state index is 6.48. The molecule has 0 radical (unpaired) electrons. The molecule has 2 unspecified atom stereocenters. The maximum atomic E-state index is 6.48. The predicted octanol–water partition coefficient (Wildman–Crippen LogP) is 4.26. The third-order valence-electron chi connectivity index (χ3n) is 4.73. The Morgan fingerprint density at radius 2 is 2.17 bits per heavy atom. The Bertz CT molecular complexity index is 785. The molecule has 0 saturated heterocycles. The first-order valence-electron chi connectivity index (χ1n) is 7.96. The number of hydrogen-bond donors (Lipinski definition) is 1. The first-order valence-corrected chi connectivity index (χ1v) is 8.34. The van der Waals surface area contributed by atoms with E-state index in [-0.39, 0.29) is 0 Å². The molecule has 4 rings (SSSR count). The SMILES string of the molecule is CC1NCCc2ccc3c(c21)OC(C)(c1ccc(Cl)cn1)C=C3. The molecule has 2 atom stereocenters. The Labute approximate surface area is 141 Å². The fraction of sp³-hybridized carbons (Fsp3) is 0.316. The van der Waals surface area contributed by atoms with Crippen LogP contribution < -0.4 is 10.1 Å². The minimum absolute atomic E-state index is 0.294. The lowest BCUT2D eigenvalue weighted by Gasteiger charge is -2.35. The van der Waals surface area contributed by atoms with Crippen LogP contribution in [0, 0.1) is 0 Å². The van der Waals surface area contributed by atoms with Crippen molar-refractivity contribution in [3.05, 3.63) is 63.9 Å². The van der Waals surface area contributed by atoms with E-state index in [1.54, 1.807) is 6.20 Å². The normalized spacial score (nSPS) is 25.4. The van der Waals surface area contributed by atoms with Crippen molar-refractivity contribution in [1.82, 2.24) is 10.3 Å². The summed E-state index contributed by atoms with van der Waals surface area (Å²) in [5.41, 5.74) is 4.06. The van der Waals surface area contributed by atoms with E-state index in [0.29, 0.717) is 11.1 Å². The second kappa shape index (κ2) is 5.36. The van der Waals surface area contributed by atoms with Crippen molar-refractivity contribution in [2.24, 2.45) is 0 Å². The minimum Gasteiger partial charge on any atom is -0.476 e. The predicted molar refractivity (Wildman–Crippen MR) is 92.8 cm³/mol. The van der Waals surface area contributed by atoms with Gasteiger partial charge in [0.25, 0.3) is 0 Å². The summed E-state index contributed by atoms with van der Waals surface area (Å²) >= 11 is 5.96. The van der Waals surface area contributed by atoms with Crippen LogP contribution in [0.1, 0.15) is 42.3 Å². The molecule has 2 aliphatic heterocycles. The standard InChI is InChI=1S/C19H19ClN2O/c1-12-17-13(8-10-21-12)3-4-14-7-9-19(2,23-18(14)17)16-6-5-15(20)11-22-16/h3-7,9,11-12,21H,8,10H2,1-2H3. The van der Waals surface area contributed by atoms with Crippen LogP contribution in [-0.4, -0.2) is 11.5 Å². The van der Waals surface area contributed by atoms with Gasteiger partial charge in [-0.05, 0) is 50.6 Å². The molecular weight excluding hydrogens is 308 g/mol. The number of hydrogen-bond acceptors (Lipinski definition) is 3. The number of fused-ring (bicyclic) bond motifs is 3. The summed E-state index contributed by atoms with van der Waals surface area (Å²) in [4.78, 5) is 4.45. The van der Waals surface area contributed by atoms with Crippen LogP contribution in [0.5, 0.6) is 5.75 Å². The summed E-state index contributed by atoms with van der Waals surface area (Å²) in [7, 11) is 0. The van der Waals surface area contributed by atoms with E-state index in [9.17, 15) is 0 Å². The van der Waals surface area contributed by atoms with E-state index in [1.165, 1.54) is 11.1 Å². The average Bonchev–Trinajstić information content (AvgIpc) is 2.55. The molecule has 23 heavy (non-hydrogen) atoms. The summed E-state index contributed by atoms with van der Waals surface area (Å²) in [6.07, 6.45) is 6.91. The highest BCUT2D eigenvalue weighted by Crippen LogP contribution is 2.43. The largest absolute Gasteiger partial charge is 0.476 e. The molecule has 1 N–H and O–H groups in total. The molecule has 4 heteroatoms. The van der Waals surface area contributed by atoms with Crippen LogP contribution in [-0.2, 0) is 12.0 Å². The summed E-state index contributed by atoms with van der Waals surface area (Å²) in [6, 6.07) is 8.45. The molecule has 0 spiro atoms. The van der Waals surface area contributed by atoms with Crippen LogP contribution >= 0.6 is 11.6 Å². The highest BCUT2D eigenvalue weighted by atomic mass is 35.5. The van der Waals surface area contributed by atoms with Gasteiger partial charge in [0, 0.05) is 23.4 Å². The Hall–Kier alpha value is -1.84. The Kier molecular flexibility index (Phi) is 3.43. The van der Waals surface area contributed by atoms with E-state index in [4.69, 9.17) is 16.3 Å². The molecule has 2 aromatic rings. The van der Waals surface area contributed by atoms with Gasteiger partial charge in [-0.15, -0.1) is 0 Å². The van der Waals surface area contributed by atoms with Crippen molar-refractivity contribution < 1.29 is 4.74 Å². The highest BCUT2D eigenvalue weighted by molar-refractivity contribution is 6.30. The van der Waals surface area contributed by atoms with Gasteiger partial charge in [-0.3, -0.25) is 4.98 Å². The number of ether oxygens (including phenoxy) is 1. The van der Waals surface area contributed by atoms with Gasteiger partial charge < -0.3 is 10.1 Å². The van der Waals surface area contributed by atoms with Crippen molar-refractivity contribution in [1.29, 1.82) is 0 Å².